The van der Waals surface area contributed by atoms with Crippen LogP contribution >= 0.6 is 22.9 Å². The summed E-state index contributed by atoms with van der Waals surface area (Å²) in [6.45, 7) is 4.91. The highest BCUT2D eigenvalue weighted by Crippen LogP contribution is 2.31. The molecular formula is C24H27ClFN5O2S. The van der Waals surface area contributed by atoms with Gasteiger partial charge in [0.25, 0.3) is 5.91 Å². The molecule has 0 unspecified atom stereocenters. The van der Waals surface area contributed by atoms with E-state index in [9.17, 15) is 9.18 Å². The average Bonchev–Trinajstić information content (AvgIpc) is 3.29. The van der Waals surface area contributed by atoms with Crippen molar-refractivity contribution in [3.05, 3.63) is 46.3 Å². The fourth-order valence-corrected chi connectivity index (χ4v) is 5.67. The van der Waals surface area contributed by atoms with Crippen molar-refractivity contribution in [2.75, 3.05) is 38.2 Å². The van der Waals surface area contributed by atoms with Crippen molar-refractivity contribution >= 4 is 50.6 Å². The van der Waals surface area contributed by atoms with E-state index in [0.717, 1.165) is 69.8 Å². The average molecular weight is 504 g/mol. The Balaban J connectivity index is 1.20. The first kappa shape index (κ1) is 23.4. The van der Waals surface area contributed by atoms with Crippen LogP contribution in [0.25, 0.3) is 10.2 Å². The van der Waals surface area contributed by atoms with Crippen molar-refractivity contribution in [3.63, 3.8) is 0 Å². The number of halogens is 2. The number of nitrogens with zero attached hydrogens (tertiary/aromatic N) is 3. The summed E-state index contributed by atoms with van der Waals surface area (Å²) < 4.78 is 18.9. The number of likely N-dealkylation sites (tertiary alicyclic amines) is 1. The topological polar surface area (TPSA) is 79.4 Å². The van der Waals surface area contributed by atoms with Gasteiger partial charge in [0.05, 0.1) is 15.3 Å². The van der Waals surface area contributed by atoms with Crippen LogP contribution in [0.1, 0.15) is 35.4 Å². The van der Waals surface area contributed by atoms with Gasteiger partial charge in [-0.25, -0.2) is 14.4 Å². The number of anilines is 2. The number of thiophene rings is 1. The summed E-state index contributed by atoms with van der Waals surface area (Å²) in [5, 5.41) is 7.11. The Morgan fingerprint density at radius 3 is 2.74 bits per heavy atom. The zero-order valence-electron chi connectivity index (χ0n) is 18.7. The van der Waals surface area contributed by atoms with Crippen molar-refractivity contribution in [1.82, 2.24) is 20.2 Å². The number of ether oxygens (including phenoxy) is 1. The van der Waals surface area contributed by atoms with E-state index in [1.54, 1.807) is 6.07 Å². The number of carbonyl (C=O) groups excluding carboxylic acids is 1. The van der Waals surface area contributed by atoms with Gasteiger partial charge in [0, 0.05) is 44.6 Å². The first-order chi connectivity index (χ1) is 16.5. The number of rotatable bonds is 6. The molecule has 0 radical (unpaired) electrons. The van der Waals surface area contributed by atoms with Gasteiger partial charge in [0.2, 0.25) is 0 Å². The van der Waals surface area contributed by atoms with Crippen LogP contribution in [0, 0.1) is 11.7 Å². The smallest absolute Gasteiger partial charge is 0.261 e. The van der Waals surface area contributed by atoms with Crippen molar-refractivity contribution in [3.8, 4) is 0 Å². The number of hydrogen-bond acceptors (Lipinski definition) is 7. The number of hydrogen-bond donors (Lipinski definition) is 2. The molecule has 2 aromatic heterocycles. The van der Waals surface area contributed by atoms with Gasteiger partial charge in [0.1, 0.15) is 22.8 Å². The second-order valence-corrected chi connectivity index (χ2v) is 10.3. The van der Waals surface area contributed by atoms with Gasteiger partial charge in [-0.3, -0.25) is 4.79 Å². The van der Waals surface area contributed by atoms with E-state index in [1.807, 2.05) is 6.07 Å². The maximum Gasteiger partial charge on any atom is 0.261 e. The summed E-state index contributed by atoms with van der Waals surface area (Å²) in [5.74, 6) is 0.711. The van der Waals surface area contributed by atoms with Crippen molar-refractivity contribution in [2.45, 2.75) is 31.7 Å². The molecule has 2 N–H and O–H groups in total. The molecule has 0 atom stereocenters. The number of fused-ring (bicyclic) bond motifs is 1. The second-order valence-electron chi connectivity index (χ2n) is 8.91. The Hall–Kier alpha value is -2.33. The zero-order chi connectivity index (χ0) is 23.5. The highest BCUT2D eigenvalue weighted by Gasteiger charge is 2.25. The SMILES string of the molecule is O=C(NC1CCN(CC2CCOCC2)CC1)c1cc2c(Nc3ccc(F)c(Cl)c3)ncnc2s1. The van der Waals surface area contributed by atoms with Crippen LogP contribution in [0.3, 0.4) is 0 Å². The summed E-state index contributed by atoms with van der Waals surface area (Å²) in [5.41, 5.74) is 0.608. The predicted molar refractivity (Wildman–Crippen MR) is 133 cm³/mol. The Morgan fingerprint density at radius 2 is 1.97 bits per heavy atom. The Labute approximate surface area is 206 Å². The Kier molecular flexibility index (Phi) is 7.24. The van der Waals surface area contributed by atoms with Gasteiger partial charge in [-0.05, 0) is 55.9 Å². The summed E-state index contributed by atoms with van der Waals surface area (Å²) >= 11 is 7.22. The van der Waals surface area contributed by atoms with Gasteiger partial charge in [0.15, 0.2) is 0 Å². The lowest BCUT2D eigenvalue weighted by Crippen LogP contribution is -2.46. The van der Waals surface area contributed by atoms with E-state index in [1.165, 1.54) is 29.8 Å². The molecule has 1 amide bonds. The quantitative estimate of drug-likeness (QED) is 0.500. The molecular weight excluding hydrogens is 477 g/mol. The lowest BCUT2D eigenvalue weighted by atomic mass is 9.97. The van der Waals surface area contributed by atoms with Crippen LogP contribution in [0.5, 0.6) is 0 Å². The van der Waals surface area contributed by atoms with Gasteiger partial charge in [-0.2, -0.15) is 0 Å². The molecule has 0 bridgehead atoms. The maximum atomic E-state index is 13.5. The van der Waals surface area contributed by atoms with Crippen LogP contribution in [-0.4, -0.2) is 59.7 Å². The first-order valence-electron chi connectivity index (χ1n) is 11.6. The minimum Gasteiger partial charge on any atom is -0.381 e. The zero-order valence-corrected chi connectivity index (χ0v) is 20.3. The maximum absolute atomic E-state index is 13.5. The third-order valence-corrected chi connectivity index (χ3v) is 7.85. The van der Waals surface area contributed by atoms with Gasteiger partial charge in [-0.15, -0.1) is 11.3 Å². The van der Waals surface area contributed by atoms with Crippen LogP contribution in [0.4, 0.5) is 15.9 Å². The summed E-state index contributed by atoms with van der Waals surface area (Å²) in [6, 6.07) is 6.37. The fourth-order valence-electron chi connectivity index (χ4n) is 4.59. The number of aromatic nitrogens is 2. The molecule has 34 heavy (non-hydrogen) atoms. The third kappa shape index (κ3) is 5.49. The molecule has 2 saturated heterocycles. The molecule has 0 spiro atoms. The normalized spacial score (nSPS) is 18.3. The number of amides is 1. The van der Waals surface area contributed by atoms with Crippen molar-refractivity contribution < 1.29 is 13.9 Å². The Bertz CT molecular complexity index is 1160. The van der Waals surface area contributed by atoms with Crippen LogP contribution in [0.15, 0.2) is 30.6 Å². The van der Waals surface area contributed by atoms with Crippen molar-refractivity contribution in [1.29, 1.82) is 0 Å². The molecule has 2 aliphatic rings. The standard InChI is InChI=1S/C24H27ClFN5O2S/c25-19-11-17(1-2-20(19)26)29-22-18-12-21(34-24(18)28-14-27-22)23(32)30-16-3-7-31(8-4-16)13-15-5-9-33-10-6-15/h1-2,11-12,14-16H,3-10,13H2,(H,30,32)(H,27,28,29). The fraction of sp³-hybridized carbons (Fsp3) is 0.458. The highest BCUT2D eigenvalue weighted by atomic mass is 35.5. The highest BCUT2D eigenvalue weighted by molar-refractivity contribution is 7.20. The summed E-state index contributed by atoms with van der Waals surface area (Å²) in [7, 11) is 0. The summed E-state index contributed by atoms with van der Waals surface area (Å²) in [6.07, 6.45) is 5.66. The molecule has 2 aliphatic heterocycles. The second kappa shape index (κ2) is 10.5. The predicted octanol–water partition coefficient (Wildman–Crippen LogP) is 4.85. The lowest BCUT2D eigenvalue weighted by Gasteiger charge is -2.35. The molecule has 0 aliphatic carbocycles. The van der Waals surface area contributed by atoms with E-state index in [2.05, 4.69) is 25.5 Å². The van der Waals surface area contributed by atoms with Gasteiger partial charge < -0.3 is 20.3 Å². The molecule has 3 aromatic rings. The molecule has 4 heterocycles. The molecule has 180 valence electrons. The largest absolute Gasteiger partial charge is 0.381 e. The van der Waals surface area contributed by atoms with Gasteiger partial charge >= 0.3 is 0 Å². The Morgan fingerprint density at radius 1 is 1.18 bits per heavy atom. The number of carbonyl (C=O) groups is 1. The lowest BCUT2D eigenvalue weighted by molar-refractivity contribution is 0.0478. The molecule has 2 fully saturated rings. The number of nitrogens with one attached hydrogen (secondary N) is 2. The first-order valence-corrected chi connectivity index (χ1v) is 12.8. The summed E-state index contributed by atoms with van der Waals surface area (Å²) in [4.78, 5) is 25.4. The van der Waals surface area contributed by atoms with E-state index in [4.69, 9.17) is 16.3 Å². The molecule has 0 saturated carbocycles. The van der Waals surface area contributed by atoms with Gasteiger partial charge in [-0.1, -0.05) is 11.6 Å². The number of piperidine rings is 1. The molecule has 7 nitrogen and oxygen atoms in total. The number of benzene rings is 1. The van der Waals surface area contributed by atoms with E-state index in [0.29, 0.717) is 21.2 Å². The minimum absolute atomic E-state index is 0.0273. The van der Waals surface area contributed by atoms with E-state index >= 15 is 0 Å². The van der Waals surface area contributed by atoms with Crippen LogP contribution < -0.4 is 10.6 Å². The molecule has 1 aromatic carbocycles. The van der Waals surface area contributed by atoms with Crippen LogP contribution in [-0.2, 0) is 4.74 Å². The van der Waals surface area contributed by atoms with E-state index in [-0.39, 0.29) is 17.0 Å². The minimum atomic E-state index is -0.482. The van der Waals surface area contributed by atoms with E-state index < -0.39 is 5.82 Å². The third-order valence-electron chi connectivity index (χ3n) is 6.52. The van der Waals surface area contributed by atoms with Crippen LogP contribution in [0.2, 0.25) is 5.02 Å². The van der Waals surface area contributed by atoms with Crippen molar-refractivity contribution in [2.24, 2.45) is 5.92 Å². The monoisotopic (exact) mass is 503 g/mol. The molecule has 5 rings (SSSR count). The molecule has 10 heteroatoms.